The van der Waals surface area contributed by atoms with E-state index in [4.69, 9.17) is 23.2 Å². The van der Waals surface area contributed by atoms with Gasteiger partial charge < -0.3 is 5.32 Å². The number of amides is 1. The van der Waals surface area contributed by atoms with Gasteiger partial charge in [0.1, 0.15) is 6.54 Å². The molecule has 4 aromatic rings. The minimum absolute atomic E-state index is 0.0398. The molecule has 6 nitrogen and oxygen atoms in total. The van der Waals surface area contributed by atoms with Crippen molar-refractivity contribution < 1.29 is 4.79 Å². The number of nitrogens with zero attached hydrogens (tertiary/aromatic N) is 2. The van der Waals surface area contributed by atoms with Gasteiger partial charge in [0.2, 0.25) is 5.91 Å². The number of aryl methyl sites for hydroxylation is 1. The average molecular weight is 468 g/mol. The van der Waals surface area contributed by atoms with Crippen molar-refractivity contribution in [3.8, 4) is 0 Å². The van der Waals surface area contributed by atoms with Gasteiger partial charge in [-0.05, 0) is 54.4 Å². The molecule has 0 radical (unpaired) electrons. The van der Waals surface area contributed by atoms with Crippen molar-refractivity contribution in [1.29, 1.82) is 0 Å². The largest absolute Gasteiger partial charge is 0.332 e. The Labute approximate surface area is 193 Å². The third-order valence-electron chi connectivity index (χ3n) is 5.14. The highest BCUT2D eigenvalue weighted by Gasteiger charge is 2.16. The lowest BCUT2D eigenvalue weighted by Crippen LogP contribution is -2.42. The molecule has 1 heterocycles. The number of aromatic nitrogens is 2. The second-order valence-corrected chi connectivity index (χ2v) is 8.29. The van der Waals surface area contributed by atoms with Gasteiger partial charge in [0, 0.05) is 15.7 Å². The van der Waals surface area contributed by atoms with Crippen molar-refractivity contribution >= 4 is 45.7 Å². The van der Waals surface area contributed by atoms with Crippen molar-refractivity contribution in [2.75, 3.05) is 5.32 Å². The summed E-state index contributed by atoms with van der Waals surface area (Å²) >= 11 is 12.1. The van der Waals surface area contributed by atoms with Crippen LogP contribution < -0.4 is 16.6 Å². The van der Waals surface area contributed by atoms with Crippen LogP contribution in [0.2, 0.25) is 10.0 Å². The van der Waals surface area contributed by atoms with E-state index in [2.05, 4.69) is 5.32 Å². The standard InChI is InChI=1S/C24H19Cl2N3O3/c1-15-9-10-18(26)12-20(15)27-22(30)14-28-21-8-3-2-7-19(21)23(31)29(24(28)32)13-16-5-4-6-17(25)11-16/h2-12H,13-14H2,1H3,(H,27,30). The Kier molecular flexibility index (Phi) is 6.17. The molecule has 0 saturated carbocycles. The molecule has 0 aliphatic rings. The quantitative estimate of drug-likeness (QED) is 0.470. The predicted octanol–water partition coefficient (Wildman–Crippen LogP) is 4.47. The Bertz CT molecular complexity index is 1460. The monoisotopic (exact) mass is 467 g/mol. The van der Waals surface area contributed by atoms with Gasteiger partial charge in [-0.2, -0.15) is 0 Å². The van der Waals surface area contributed by atoms with Crippen LogP contribution in [0.3, 0.4) is 0 Å². The fraction of sp³-hybridized carbons (Fsp3) is 0.125. The molecule has 0 atom stereocenters. The summed E-state index contributed by atoms with van der Waals surface area (Å²) < 4.78 is 2.42. The molecule has 1 N–H and O–H groups in total. The van der Waals surface area contributed by atoms with Crippen LogP contribution in [-0.2, 0) is 17.9 Å². The Balaban J connectivity index is 1.76. The zero-order chi connectivity index (χ0) is 22.8. The van der Waals surface area contributed by atoms with Crippen molar-refractivity contribution in [2.45, 2.75) is 20.0 Å². The number of halogens is 2. The highest BCUT2D eigenvalue weighted by atomic mass is 35.5. The maximum absolute atomic E-state index is 13.3. The van der Waals surface area contributed by atoms with Gasteiger partial charge in [0.25, 0.3) is 5.56 Å². The molecule has 32 heavy (non-hydrogen) atoms. The Morgan fingerprint density at radius 3 is 2.44 bits per heavy atom. The summed E-state index contributed by atoms with van der Waals surface area (Å²) in [6, 6.07) is 18.9. The van der Waals surface area contributed by atoms with Crippen LogP contribution >= 0.6 is 23.2 Å². The van der Waals surface area contributed by atoms with Gasteiger partial charge in [0.15, 0.2) is 0 Å². The molecule has 1 amide bonds. The van der Waals surface area contributed by atoms with Gasteiger partial charge in [0.05, 0.1) is 17.4 Å². The maximum Gasteiger partial charge on any atom is 0.332 e. The zero-order valence-electron chi connectivity index (χ0n) is 17.1. The molecule has 0 fully saturated rings. The first-order valence-electron chi connectivity index (χ1n) is 9.86. The molecule has 0 bridgehead atoms. The van der Waals surface area contributed by atoms with E-state index in [1.807, 2.05) is 6.92 Å². The minimum Gasteiger partial charge on any atom is -0.324 e. The second-order valence-electron chi connectivity index (χ2n) is 7.41. The predicted molar refractivity (Wildman–Crippen MR) is 128 cm³/mol. The van der Waals surface area contributed by atoms with E-state index in [0.29, 0.717) is 32.2 Å². The van der Waals surface area contributed by atoms with Crippen LogP contribution in [0.25, 0.3) is 10.9 Å². The lowest BCUT2D eigenvalue weighted by molar-refractivity contribution is -0.116. The van der Waals surface area contributed by atoms with Crippen LogP contribution in [0.15, 0.2) is 76.3 Å². The van der Waals surface area contributed by atoms with Crippen LogP contribution in [0.4, 0.5) is 5.69 Å². The number of benzene rings is 3. The molecule has 0 spiro atoms. The molecule has 3 aromatic carbocycles. The van der Waals surface area contributed by atoms with Crippen molar-refractivity contribution in [2.24, 2.45) is 0 Å². The summed E-state index contributed by atoms with van der Waals surface area (Å²) in [6.07, 6.45) is 0. The number of hydrogen-bond donors (Lipinski definition) is 1. The van der Waals surface area contributed by atoms with Gasteiger partial charge in [-0.3, -0.25) is 18.7 Å². The Hall–Kier alpha value is -3.35. The van der Waals surface area contributed by atoms with Crippen molar-refractivity contribution in [1.82, 2.24) is 9.13 Å². The summed E-state index contributed by atoms with van der Waals surface area (Å²) in [5.74, 6) is -0.407. The summed E-state index contributed by atoms with van der Waals surface area (Å²) in [6.45, 7) is 1.62. The molecule has 0 unspecified atom stereocenters. The fourth-order valence-corrected chi connectivity index (χ4v) is 3.93. The molecular formula is C24H19Cl2N3O3. The number of para-hydroxylation sites is 1. The van der Waals surface area contributed by atoms with E-state index in [9.17, 15) is 14.4 Å². The number of nitrogens with one attached hydrogen (secondary N) is 1. The number of anilines is 1. The normalized spacial score (nSPS) is 11.0. The first-order valence-corrected chi connectivity index (χ1v) is 10.6. The third-order valence-corrected chi connectivity index (χ3v) is 5.61. The second kappa shape index (κ2) is 9.02. The summed E-state index contributed by atoms with van der Waals surface area (Å²) in [7, 11) is 0. The molecule has 1 aromatic heterocycles. The molecule has 0 aliphatic carbocycles. The van der Waals surface area contributed by atoms with E-state index >= 15 is 0 Å². The number of carbonyl (C=O) groups is 1. The average Bonchev–Trinajstić information content (AvgIpc) is 2.77. The smallest absolute Gasteiger partial charge is 0.324 e. The molecule has 4 rings (SSSR count). The van der Waals surface area contributed by atoms with E-state index in [0.717, 1.165) is 10.1 Å². The number of carbonyl (C=O) groups excluding carboxylic acids is 1. The van der Waals surface area contributed by atoms with E-state index in [-0.39, 0.29) is 13.1 Å². The van der Waals surface area contributed by atoms with E-state index < -0.39 is 17.2 Å². The molecule has 0 aliphatic heterocycles. The molecular weight excluding hydrogens is 449 g/mol. The van der Waals surface area contributed by atoms with Crippen molar-refractivity contribution in [3.05, 3.63) is 109 Å². The van der Waals surface area contributed by atoms with Crippen LogP contribution in [0.5, 0.6) is 0 Å². The van der Waals surface area contributed by atoms with Crippen molar-refractivity contribution in [3.63, 3.8) is 0 Å². The topological polar surface area (TPSA) is 73.1 Å². The highest BCUT2D eigenvalue weighted by Crippen LogP contribution is 2.20. The molecule has 0 saturated heterocycles. The lowest BCUT2D eigenvalue weighted by Gasteiger charge is -2.15. The Morgan fingerprint density at radius 2 is 1.66 bits per heavy atom. The minimum atomic E-state index is -0.577. The lowest BCUT2D eigenvalue weighted by atomic mass is 10.2. The zero-order valence-corrected chi connectivity index (χ0v) is 18.7. The third kappa shape index (κ3) is 4.47. The molecule has 8 heteroatoms. The van der Waals surface area contributed by atoms with Crippen LogP contribution in [0.1, 0.15) is 11.1 Å². The summed E-state index contributed by atoms with van der Waals surface area (Å²) in [4.78, 5) is 39.2. The molecule has 162 valence electrons. The van der Waals surface area contributed by atoms with E-state index in [1.54, 1.807) is 66.7 Å². The first-order chi connectivity index (χ1) is 15.3. The SMILES string of the molecule is Cc1ccc(Cl)cc1NC(=O)Cn1c(=O)n(Cc2cccc(Cl)c2)c(=O)c2ccccc21. The van der Waals surface area contributed by atoms with Gasteiger partial charge in [-0.25, -0.2) is 4.79 Å². The fourth-order valence-electron chi connectivity index (χ4n) is 3.54. The number of fused-ring (bicyclic) bond motifs is 1. The highest BCUT2D eigenvalue weighted by molar-refractivity contribution is 6.31. The van der Waals surface area contributed by atoms with Gasteiger partial charge in [-0.15, -0.1) is 0 Å². The van der Waals surface area contributed by atoms with Gasteiger partial charge in [-0.1, -0.05) is 53.5 Å². The number of rotatable bonds is 5. The van der Waals surface area contributed by atoms with Crippen LogP contribution in [0, 0.1) is 6.92 Å². The van der Waals surface area contributed by atoms with Gasteiger partial charge >= 0.3 is 5.69 Å². The Morgan fingerprint density at radius 1 is 0.906 bits per heavy atom. The first kappa shape index (κ1) is 21.9. The maximum atomic E-state index is 13.3. The van der Waals surface area contributed by atoms with E-state index in [1.165, 1.54) is 4.57 Å². The summed E-state index contributed by atoms with van der Waals surface area (Å²) in [5, 5.41) is 4.14. The summed E-state index contributed by atoms with van der Waals surface area (Å²) in [5.41, 5.74) is 1.50. The van der Waals surface area contributed by atoms with Crippen LogP contribution in [-0.4, -0.2) is 15.0 Å². The number of hydrogen-bond acceptors (Lipinski definition) is 3.